The lowest BCUT2D eigenvalue weighted by Crippen LogP contribution is -2.13. The van der Waals surface area contributed by atoms with Crippen molar-refractivity contribution in [3.8, 4) is 0 Å². The molecule has 0 radical (unpaired) electrons. The largest absolute Gasteiger partial charge is 0.490 e. The molecule has 0 fully saturated rings. The molecule has 4 heteroatoms. The summed E-state index contributed by atoms with van der Waals surface area (Å²) in [5.41, 5.74) is 1.14. The standard InChI is InChI=1S/C11H12N2O2/c1-8-5-6-9(13-12-8)11(14)10-4-2-3-7-15-10/h4-6H,2-3,7H2,1H3. The molecule has 0 aromatic carbocycles. The van der Waals surface area contributed by atoms with Gasteiger partial charge in [0.25, 0.3) is 0 Å². The molecule has 0 spiro atoms. The van der Waals surface area contributed by atoms with Gasteiger partial charge in [0, 0.05) is 0 Å². The first kappa shape index (κ1) is 9.83. The van der Waals surface area contributed by atoms with Crippen LogP contribution in [0.4, 0.5) is 0 Å². The van der Waals surface area contributed by atoms with E-state index in [9.17, 15) is 4.79 Å². The monoisotopic (exact) mass is 204 g/mol. The third kappa shape index (κ3) is 2.21. The fourth-order valence-electron chi connectivity index (χ4n) is 1.36. The Morgan fingerprint density at radius 2 is 2.27 bits per heavy atom. The lowest BCUT2D eigenvalue weighted by Gasteiger charge is -2.12. The van der Waals surface area contributed by atoms with Gasteiger partial charge in [-0.2, -0.15) is 5.10 Å². The van der Waals surface area contributed by atoms with E-state index in [0.29, 0.717) is 18.1 Å². The van der Waals surface area contributed by atoms with Gasteiger partial charge in [-0.3, -0.25) is 4.79 Å². The van der Waals surface area contributed by atoms with Crippen molar-refractivity contribution in [2.45, 2.75) is 19.8 Å². The molecular formula is C11H12N2O2. The van der Waals surface area contributed by atoms with Crippen molar-refractivity contribution in [1.82, 2.24) is 10.2 Å². The molecule has 0 saturated carbocycles. The SMILES string of the molecule is Cc1ccc(C(=O)C2=CCCCO2)nn1. The van der Waals surface area contributed by atoms with E-state index < -0.39 is 0 Å². The second-order valence-corrected chi connectivity index (χ2v) is 3.45. The number of nitrogens with zero attached hydrogens (tertiary/aromatic N) is 2. The number of hydrogen-bond donors (Lipinski definition) is 0. The van der Waals surface area contributed by atoms with E-state index in [0.717, 1.165) is 18.5 Å². The van der Waals surface area contributed by atoms with Gasteiger partial charge in [-0.15, -0.1) is 5.10 Å². The van der Waals surface area contributed by atoms with Crippen molar-refractivity contribution in [3.05, 3.63) is 35.4 Å². The first-order valence-corrected chi connectivity index (χ1v) is 4.95. The van der Waals surface area contributed by atoms with Crippen LogP contribution in [0, 0.1) is 6.92 Å². The number of carbonyl (C=O) groups excluding carboxylic acids is 1. The summed E-state index contributed by atoms with van der Waals surface area (Å²) >= 11 is 0. The Morgan fingerprint density at radius 3 is 2.87 bits per heavy atom. The number of ether oxygens (including phenoxy) is 1. The number of aryl methyl sites for hydroxylation is 1. The summed E-state index contributed by atoms with van der Waals surface area (Å²) in [6.45, 7) is 2.44. The molecule has 2 heterocycles. The molecule has 0 bridgehead atoms. The average molecular weight is 204 g/mol. The van der Waals surface area contributed by atoms with Crippen LogP contribution in [0.3, 0.4) is 0 Å². The number of rotatable bonds is 2. The Balaban J connectivity index is 2.20. The van der Waals surface area contributed by atoms with Gasteiger partial charge in [0.05, 0.1) is 12.3 Å². The fourth-order valence-corrected chi connectivity index (χ4v) is 1.36. The minimum absolute atomic E-state index is 0.179. The van der Waals surface area contributed by atoms with Crippen molar-refractivity contribution in [3.63, 3.8) is 0 Å². The van der Waals surface area contributed by atoms with Crippen LogP contribution in [-0.2, 0) is 4.74 Å². The maximum absolute atomic E-state index is 11.8. The van der Waals surface area contributed by atoms with Crippen LogP contribution in [0.2, 0.25) is 0 Å². The van der Waals surface area contributed by atoms with Crippen molar-refractivity contribution in [1.29, 1.82) is 0 Å². The minimum atomic E-state index is -0.179. The molecule has 0 N–H and O–H groups in total. The molecule has 1 aromatic heterocycles. The van der Waals surface area contributed by atoms with Crippen molar-refractivity contribution in [2.75, 3.05) is 6.61 Å². The molecule has 0 unspecified atom stereocenters. The predicted molar refractivity (Wildman–Crippen MR) is 54.4 cm³/mol. The number of allylic oxidation sites excluding steroid dienone is 2. The van der Waals surface area contributed by atoms with E-state index in [4.69, 9.17) is 4.74 Å². The zero-order chi connectivity index (χ0) is 10.7. The summed E-state index contributed by atoms with van der Waals surface area (Å²) in [6, 6.07) is 3.44. The van der Waals surface area contributed by atoms with Gasteiger partial charge < -0.3 is 4.74 Å². The minimum Gasteiger partial charge on any atom is -0.490 e. The molecular weight excluding hydrogens is 192 g/mol. The maximum atomic E-state index is 11.8. The second-order valence-electron chi connectivity index (χ2n) is 3.45. The Morgan fingerprint density at radius 1 is 1.40 bits per heavy atom. The Kier molecular flexibility index (Phi) is 2.76. The van der Waals surface area contributed by atoms with Crippen LogP contribution in [-0.4, -0.2) is 22.6 Å². The Hall–Kier alpha value is -1.71. The maximum Gasteiger partial charge on any atom is 0.247 e. The number of hydrogen-bond acceptors (Lipinski definition) is 4. The van der Waals surface area contributed by atoms with Crippen LogP contribution >= 0.6 is 0 Å². The number of ketones is 1. The first-order chi connectivity index (χ1) is 7.27. The van der Waals surface area contributed by atoms with Gasteiger partial charge in [0.1, 0.15) is 5.69 Å². The quantitative estimate of drug-likeness (QED) is 0.687. The molecule has 1 aliphatic rings. The highest BCUT2D eigenvalue weighted by molar-refractivity contribution is 6.05. The van der Waals surface area contributed by atoms with Gasteiger partial charge >= 0.3 is 0 Å². The van der Waals surface area contributed by atoms with Gasteiger partial charge in [-0.25, -0.2) is 0 Å². The van der Waals surface area contributed by atoms with Gasteiger partial charge in [-0.05, 0) is 38.0 Å². The number of Topliss-reactive ketones (excluding diaryl/α,β-unsaturated/α-hetero) is 1. The summed E-state index contributed by atoms with van der Waals surface area (Å²) in [7, 11) is 0. The number of aromatic nitrogens is 2. The number of carbonyl (C=O) groups is 1. The van der Waals surface area contributed by atoms with Crippen molar-refractivity contribution >= 4 is 5.78 Å². The molecule has 4 nitrogen and oxygen atoms in total. The summed E-state index contributed by atoms with van der Waals surface area (Å²) in [4.78, 5) is 11.8. The molecule has 0 atom stereocenters. The molecule has 0 aliphatic carbocycles. The van der Waals surface area contributed by atoms with Crippen LogP contribution < -0.4 is 0 Å². The zero-order valence-corrected chi connectivity index (χ0v) is 8.56. The van der Waals surface area contributed by atoms with Gasteiger partial charge in [0.15, 0.2) is 5.76 Å². The predicted octanol–water partition coefficient (Wildman–Crippen LogP) is 1.66. The van der Waals surface area contributed by atoms with E-state index in [2.05, 4.69) is 10.2 Å². The normalized spacial score (nSPS) is 15.4. The van der Waals surface area contributed by atoms with E-state index in [1.54, 1.807) is 12.1 Å². The van der Waals surface area contributed by atoms with E-state index in [1.807, 2.05) is 13.0 Å². The molecule has 15 heavy (non-hydrogen) atoms. The third-order valence-corrected chi connectivity index (χ3v) is 2.19. The third-order valence-electron chi connectivity index (χ3n) is 2.19. The smallest absolute Gasteiger partial charge is 0.247 e. The van der Waals surface area contributed by atoms with E-state index >= 15 is 0 Å². The Bertz CT molecular complexity index is 396. The molecule has 0 saturated heterocycles. The summed E-state index contributed by atoms with van der Waals surface area (Å²) in [5, 5.41) is 7.67. The molecule has 0 amide bonds. The molecule has 2 rings (SSSR count). The zero-order valence-electron chi connectivity index (χ0n) is 8.56. The van der Waals surface area contributed by atoms with E-state index in [-0.39, 0.29) is 5.78 Å². The Labute approximate surface area is 88.0 Å². The molecule has 78 valence electrons. The lowest BCUT2D eigenvalue weighted by molar-refractivity contribution is 0.0893. The molecule has 1 aromatic rings. The van der Waals surface area contributed by atoms with E-state index in [1.165, 1.54) is 0 Å². The second kappa shape index (κ2) is 4.21. The highest BCUT2D eigenvalue weighted by Gasteiger charge is 2.17. The summed E-state index contributed by atoms with van der Waals surface area (Å²) < 4.78 is 5.27. The van der Waals surface area contributed by atoms with Crippen LogP contribution in [0.1, 0.15) is 29.0 Å². The highest BCUT2D eigenvalue weighted by Crippen LogP contribution is 2.14. The van der Waals surface area contributed by atoms with Gasteiger partial charge in [0.2, 0.25) is 5.78 Å². The highest BCUT2D eigenvalue weighted by atomic mass is 16.5. The topological polar surface area (TPSA) is 52.1 Å². The van der Waals surface area contributed by atoms with Crippen LogP contribution in [0.25, 0.3) is 0 Å². The fraction of sp³-hybridized carbons (Fsp3) is 0.364. The van der Waals surface area contributed by atoms with Crippen LogP contribution in [0.15, 0.2) is 24.0 Å². The average Bonchev–Trinajstić information content (AvgIpc) is 2.30. The van der Waals surface area contributed by atoms with Crippen molar-refractivity contribution in [2.24, 2.45) is 0 Å². The summed E-state index contributed by atoms with van der Waals surface area (Å²) in [6.07, 6.45) is 3.67. The summed E-state index contributed by atoms with van der Waals surface area (Å²) in [5.74, 6) is 0.224. The van der Waals surface area contributed by atoms with Crippen LogP contribution in [0.5, 0.6) is 0 Å². The van der Waals surface area contributed by atoms with Crippen molar-refractivity contribution < 1.29 is 9.53 Å². The van der Waals surface area contributed by atoms with Gasteiger partial charge in [-0.1, -0.05) is 0 Å². The lowest BCUT2D eigenvalue weighted by atomic mass is 10.1. The first-order valence-electron chi connectivity index (χ1n) is 4.95. The molecule has 1 aliphatic heterocycles.